The van der Waals surface area contributed by atoms with Gasteiger partial charge in [-0.05, 0) is 100 Å². The number of anilines is 1. The molecule has 3 heterocycles. The summed E-state index contributed by atoms with van der Waals surface area (Å²) in [5.41, 5.74) is 3.28. The Morgan fingerprint density at radius 1 is 0.974 bits per heavy atom. The summed E-state index contributed by atoms with van der Waals surface area (Å²) in [6.07, 6.45) is -2.73. The summed E-state index contributed by atoms with van der Waals surface area (Å²) in [5.74, 6) is 0.742. The average Bonchev–Trinajstić information content (AvgIpc) is 3.39. The summed E-state index contributed by atoms with van der Waals surface area (Å²) in [7, 11) is 0. The number of aromatic nitrogens is 2. The van der Waals surface area contributed by atoms with Gasteiger partial charge in [0.05, 0.1) is 35.1 Å². The highest BCUT2D eigenvalue weighted by atomic mass is 32.1. The quantitative estimate of drug-likeness (QED) is 0.252. The van der Waals surface area contributed by atoms with Crippen LogP contribution < -0.4 is 15.0 Å². The first-order valence-corrected chi connectivity index (χ1v) is 13.1. The summed E-state index contributed by atoms with van der Waals surface area (Å²) < 4.78 is 49.4. The summed E-state index contributed by atoms with van der Waals surface area (Å²) in [5, 5.41) is 3.93. The van der Waals surface area contributed by atoms with Crippen LogP contribution in [0.4, 0.5) is 18.9 Å². The van der Waals surface area contributed by atoms with Crippen LogP contribution in [0.3, 0.4) is 0 Å². The number of benzene rings is 2. The standard InChI is InChI=1S/C30H29F3N4OS/c1-18(2)38-22-14-12-21(13-15-22)37-28(27(35-29(37)39)25-10-7-8-16-34-25)23-17-19(3)36(20(23)4)26-11-6-5-9-24(26)30(31,32)33/h5-18,27-28H,1-4H3,(H,35,39)/t27-,28-/m0/s1. The van der Waals surface area contributed by atoms with E-state index in [1.165, 1.54) is 12.1 Å². The van der Waals surface area contributed by atoms with Crippen LogP contribution in [0, 0.1) is 13.8 Å². The first kappa shape index (κ1) is 26.7. The Morgan fingerprint density at radius 2 is 1.67 bits per heavy atom. The number of alkyl halides is 3. The molecular weight excluding hydrogens is 521 g/mol. The Balaban J connectivity index is 1.66. The molecular formula is C30H29F3N4OS. The topological polar surface area (TPSA) is 42.3 Å². The van der Waals surface area contributed by atoms with E-state index in [-0.39, 0.29) is 23.9 Å². The fourth-order valence-electron chi connectivity index (χ4n) is 5.27. The van der Waals surface area contributed by atoms with Crippen LogP contribution in [-0.2, 0) is 6.18 Å². The summed E-state index contributed by atoms with van der Waals surface area (Å²) in [4.78, 5) is 6.59. The number of hydrogen-bond acceptors (Lipinski definition) is 3. The number of thiocarbonyl (C=S) groups is 1. The Kier molecular flexibility index (Phi) is 7.11. The summed E-state index contributed by atoms with van der Waals surface area (Å²) in [6.45, 7) is 7.61. The van der Waals surface area contributed by atoms with Crippen molar-refractivity contribution >= 4 is 23.0 Å². The van der Waals surface area contributed by atoms with Gasteiger partial charge in [-0.1, -0.05) is 18.2 Å². The lowest BCUT2D eigenvalue weighted by Crippen LogP contribution is -2.29. The van der Waals surface area contributed by atoms with Gasteiger partial charge in [0.2, 0.25) is 0 Å². The van der Waals surface area contributed by atoms with Crippen LogP contribution in [0.25, 0.3) is 5.69 Å². The zero-order valence-electron chi connectivity index (χ0n) is 22.0. The number of nitrogens with one attached hydrogen (secondary N) is 1. The number of aryl methyl sites for hydroxylation is 1. The molecule has 0 radical (unpaired) electrons. The van der Waals surface area contributed by atoms with E-state index in [2.05, 4.69) is 10.3 Å². The van der Waals surface area contributed by atoms with E-state index in [0.29, 0.717) is 16.5 Å². The minimum Gasteiger partial charge on any atom is -0.491 e. The van der Waals surface area contributed by atoms with Gasteiger partial charge in [0.15, 0.2) is 5.11 Å². The molecule has 2 aromatic carbocycles. The first-order chi connectivity index (χ1) is 18.6. The molecule has 5 nitrogen and oxygen atoms in total. The summed E-state index contributed by atoms with van der Waals surface area (Å²) in [6, 6.07) is 20.3. The molecule has 0 aliphatic carbocycles. The van der Waals surface area contributed by atoms with Crippen molar-refractivity contribution in [3.05, 3.63) is 107 Å². The third-order valence-corrected chi connectivity index (χ3v) is 7.14. The molecule has 1 fully saturated rings. The van der Waals surface area contributed by atoms with Gasteiger partial charge in [-0.3, -0.25) is 4.98 Å². The largest absolute Gasteiger partial charge is 0.491 e. The minimum atomic E-state index is -4.49. The van der Waals surface area contributed by atoms with Crippen molar-refractivity contribution in [2.45, 2.75) is 52.1 Å². The van der Waals surface area contributed by atoms with Crippen molar-refractivity contribution < 1.29 is 17.9 Å². The summed E-state index contributed by atoms with van der Waals surface area (Å²) >= 11 is 5.83. The number of ether oxygens (including phenoxy) is 1. The molecule has 0 spiro atoms. The predicted octanol–water partition coefficient (Wildman–Crippen LogP) is 7.47. The third kappa shape index (κ3) is 5.11. The molecule has 39 heavy (non-hydrogen) atoms. The number of hydrogen-bond donors (Lipinski definition) is 1. The smallest absolute Gasteiger partial charge is 0.418 e. The van der Waals surface area contributed by atoms with Crippen LogP contribution >= 0.6 is 12.2 Å². The van der Waals surface area contributed by atoms with Crippen LogP contribution in [0.15, 0.2) is 79.0 Å². The SMILES string of the molecule is Cc1cc([C@H]2[C@H](c3ccccn3)NC(=S)N2c2ccc(OC(C)C)cc2)c(C)n1-c1ccccc1C(F)(F)F. The maximum absolute atomic E-state index is 14.0. The van der Waals surface area contributed by atoms with Crippen molar-refractivity contribution in [2.24, 2.45) is 0 Å². The van der Waals surface area contributed by atoms with Gasteiger partial charge in [-0.2, -0.15) is 13.2 Å². The van der Waals surface area contributed by atoms with E-state index in [1.54, 1.807) is 16.8 Å². The molecule has 202 valence electrons. The third-order valence-electron chi connectivity index (χ3n) is 6.82. The second-order valence-corrected chi connectivity index (χ2v) is 10.2. The molecule has 0 saturated carbocycles. The monoisotopic (exact) mass is 550 g/mol. The van der Waals surface area contributed by atoms with Crippen LogP contribution in [0.2, 0.25) is 0 Å². The zero-order chi connectivity index (χ0) is 27.9. The number of pyridine rings is 1. The number of nitrogens with zero attached hydrogens (tertiary/aromatic N) is 3. The maximum Gasteiger partial charge on any atom is 0.418 e. The lowest BCUT2D eigenvalue weighted by Gasteiger charge is -2.28. The normalized spacial score (nSPS) is 17.5. The van der Waals surface area contributed by atoms with Gasteiger partial charge in [-0.25, -0.2) is 0 Å². The van der Waals surface area contributed by atoms with Crippen molar-refractivity contribution in [1.29, 1.82) is 0 Å². The molecule has 1 aliphatic heterocycles. The Morgan fingerprint density at radius 3 is 2.31 bits per heavy atom. The Bertz CT molecular complexity index is 1480. The predicted molar refractivity (Wildman–Crippen MR) is 150 cm³/mol. The van der Waals surface area contributed by atoms with Crippen LogP contribution in [0.1, 0.15) is 54.1 Å². The van der Waals surface area contributed by atoms with Gasteiger partial charge < -0.3 is 19.5 Å². The van der Waals surface area contributed by atoms with E-state index in [0.717, 1.165) is 28.8 Å². The fraction of sp³-hybridized carbons (Fsp3) is 0.267. The molecule has 0 unspecified atom stereocenters. The lowest BCUT2D eigenvalue weighted by atomic mass is 9.96. The van der Waals surface area contributed by atoms with Crippen molar-refractivity contribution in [3.8, 4) is 11.4 Å². The van der Waals surface area contributed by atoms with Crippen molar-refractivity contribution in [3.63, 3.8) is 0 Å². The second-order valence-electron chi connectivity index (χ2n) is 9.83. The number of rotatable bonds is 6. The number of halogens is 3. The van der Waals surface area contributed by atoms with Gasteiger partial charge >= 0.3 is 6.18 Å². The van der Waals surface area contributed by atoms with Crippen molar-refractivity contribution in [1.82, 2.24) is 14.9 Å². The molecule has 1 N–H and O–H groups in total. The zero-order valence-corrected chi connectivity index (χ0v) is 22.8. The highest BCUT2D eigenvalue weighted by Crippen LogP contribution is 2.45. The second kappa shape index (κ2) is 10.4. The van der Waals surface area contributed by atoms with Gasteiger partial charge in [0.25, 0.3) is 0 Å². The average molecular weight is 551 g/mol. The molecule has 9 heteroatoms. The highest BCUT2D eigenvalue weighted by Gasteiger charge is 2.43. The Labute approximate surface area is 231 Å². The lowest BCUT2D eigenvalue weighted by molar-refractivity contribution is -0.137. The number of para-hydroxylation sites is 1. The van der Waals surface area contributed by atoms with Gasteiger partial charge in [0.1, 0.15) is 5.75 Å². The molecule has 4 aromatic rings. The van der Waals surface area contributed by atoms with Crippen LogP contribution in [-0.4, -0.2) is 20.8 Å². The maximum atomic E-state index is 14.0. The molecule has 0 amide bonds. The molecule has 2 aromatic heterocycles. The minimum absolute atomic E-state index is 0.0385. The van der Waals surface area contributed by atoms with Crippen molar-refractivity contribution in [2.75, 3.05) is 4.90 Å². The molecule has 5 rings (SSSR count). The fourth-order valence-corrected chi connectivity index (χ4v) is 5.62. The first-order valence-electron chi connectivity index (χ1n) is 12.7. The van der Waals surface area contributed by atoms with E-state index >= 15 is 0 Å². The van der Waals surface area contributed by atoms with E-state index in [1.807, 2.05) is 81.1 Å². The van der Waals surface area contributed by atoms with E-state index in [4.69, 9.17) is 17.0 Å². The Hall–Kier alpha value is -3.85. The molecule has 1 saturated heterocycles. The van der Waals surface area contributed by atoms with E-state index < -0.39 is 11.7 Å². The molecule has 1 aliphatic rings. The molecule has 0 bridgehead atoms. The van der Waals surface area contributed by atoms with Gasteiger partial charge in [-0.15, -0.1) is 0 Å². The van der Waals surface area contributed by atoms with Gasteiger partial charge in [0, 0.05) is 23.3 Å². The molecule has 2 atom stereocenters. The van der Waals surface area contributed by atoms with Crippen LogP contribution in [0.5, 0.6) is 5.75 Å². The van der Waals surface area contributed by atoms with E-state index in [9.17, 15) is 13.2 Å². The highest BCUT2D eigenvalue weighted by molar-refractivity contribution is 7.80.